The highest BCUT2D eigenvalue weighted by atomic mass is 32.2. The summed E-state index contributed by atoms with van der Waals surface area (Å²) in [6, 6.07) is -0.215. The molecule has 0 aliphatic heterocycles. The van der Waals surface area contributed by atoms with Crippen LogP contribution in [0, 0.1) is 46.3 Å². The van der Waals surface area contributed by atoms with E-state index < -0.39 is 84.2 Å². The Morgan fingerprint density at radius 1 is 0.683 bits per heavy atom. The number of nitrogens with two attached hydrogens (primary N) is 4. The van der Waals surface area contributed by atoms with Gasteiger partial charge < -0.3 is 64.7 Å². The fourth-order valence-corrected chi connectivity index (χ4v) is 14.6. The quantitative estimate of drug-likeness (QED) is 0.0310. The third-order valence-electron chi connectivity index (χ3n) is 18.7. The van der Waals surface area contributed by atoms with Crippen molar-refractivity contribution in [2.75, 3.05) is 31.6 Å². The summed E-state index contributed by atoms with van der Waals surface area (Å²) in [5.41, 5.74) is 24.7. The summed E-state index contributed by atoms with van der Waals surface area (Å²) in [5.74, 6) is -0.574. The molecular formula is C61H100N10O10S. The topological polar surface area (TPSA) is 342 Å². The molecule has 0 aromatic heterocycles. The maximum absolute atomic E-state index is 14.2. The highest BCUT2D eigenvalue weighted by Crippen LogP contribution is 2.67. The smallest absolute Gasteiger partial charge is 0.408 e. The number of phenols is 1. The fourth-order valence-electron chi connectivity index (χ4n) is 14.1. The summed E-state index contributed by atoms with van der Waals surface area (Å²) in [6.45, 7) is 12.3. The minimum absolute atomic E-state index is 0.0430. The normalized spacial score (nSPS) is 25.0. The molecule has 1 aromatic rings. The molecule has 1 aromatic carbocycles. The molecule has 5 rings (SSSR count). The van der Waals surface area contributed by atoms with Crippen molar-refractivity contribution in [2.45, 2.75) is 206 Å². The van der Waals surface area contributed by atoms with Gasteiger partial charge in [0.05, 0.1) is 6.54 Å². The van der Waals surface area contributed by atoms with Gasteiger partial charge in [0.1, 0.15) is 42.1 Å². The van der Waals surface area contributed by atoms with Gasteiger partial charge in [0.25, 0.3) is 0 Å². The van der Waals surface area contributed by atoms with Gasteiger partial charge in [-0.1, -0.05) is 77.7 Å². The number of benzene rings is 1. The number of rotatable bonds is 34. The molecule has 0 saturated heterocycles. The molecule has 0 radical (unpaired) electrons. The number of primary amides is 2. The van der Waals surface area contributed by atoms with E-state index in [1.54, 1.807) is 12.1 Å². The maximum atomic E-state index is 14.2. The third kappa shape index (κ3) is 19.3. The van der Waals surface area contributed by atoms with Crippen LogP contribution in [0.1, 0.15) is 169 Å². The van der Waals surface area contributed by atoms with Gasteiger partial charge in [-0.3, -0.25) is 33.6 Å². The highest BCUT2D eigenvalue weighted by Gasteiger charge is 2.59. The minimum Gasteiger partial charge on any atom is -0.508 e. The number of thioether (sulfide) groups is 1. The first-order valence-corrected chi connectivity index (χ1v) is 31.8. The monoisotopic (exact) mass is 1160 g/mol. The van der Waals surface area contributed by atoms with Crippen LogP contribution in [0.3, 0.4) is 0 Å². The Hall–Kier alpha value is -5.41. The molecule has 8 amide bonds. The Labute approximate surface area is 491 Å². The van der Waals surface area contributed by atoms with Crippen LogP contribution >= 0.6 is 11.8 Å². The standard InChI is InChI=1S/C61H100N10O10S/c1-37(2)12-11-13-38(3)44-22-23-45-43-21-18-40-35-42(26-29-60(40,4)46(43)27-30-61(44,45)5)81-59(80)71-50(28-33-82-6)55(76)66-36-53(74)67-51(34-39-16-19-41(72)20-17-39)58(79)70-49(24-25-52(64)73)57(78)69-48(15-8-10-32-63)56(77)68-47(54(65)75)14-7-9-31-62/h16-20,37-38,42-51,72H,7-15,21-36,62-63H2,1-6H3,(H2,64,73)(H2,65,75)(H,66,76)(H,67,74)(H,68,77)(H,69,78)(H,70,79)(H,71,80)/t38-,42+,43+,44-,45?,46+,47+,48+,49+,50+,51+,60+,61-/m1/s1. The number of amides is 8. The lowest BCUT2D eigenvalue weighted by atomic mass is 9.47. The van der Waals surface area contributed by atoms with Crippen LogP contribution in [-0.4, -0.2) is 121 Å². The predicted octanol–water partition coefficient (Wildman–Crippen LogP) is 5.26. The second-order valence-electron chi connectivity index (χ2n) is 24.9. The molecule has 1 unspecified atom stereocenters. The summed E-state index contributed by atoms with van der Waals surface area (Å²) >= 11 is 1.49. The Morgan fingerprint density at radius 2 is 1.30 bits per heavy atom. The van der Waals surface area contributed by atoms with Crippen LogP contribution in [0.15, 0.2) is 35.9 Å². The van der Waals surface area contributed by atoms with Gasteiger partial charge in [0.15, 0.2) is 0 Å². The SMILES string of the molecule is CSCC[C@H](NC(=O)O[C@H]1CC[C@@]2(C)C(=CC[C@H]3C4CC[C@H]([C@H](C)CCCC(C)C)[C@@]4(C)CC[C@@H]32)C1)C(=O)NCC(=O)N[C@@H](Cc1ccc(O)cc1)C(=O)N[C@@H](CCC(N)=O)C(=O)N[C@@H](CCCCN)C(=O)N[C@@H](CCCCN)C(N)=O. The number of ether oxygens (including phenoxy) is 1. The Bertz CT molecular complexity index is 2340. The number of alkyl carbamates (subject to hydrolysis) is 1. The van der Waals surface area contributed by atoms with E-state index in [-0.39, 0.29) is 55.8 Å². The van der Waals surface area contributed by atoms with Crippen LogP contribution in [0.2, 0.25) is 0 Å². The number of unbranched alkanes of at least 4 members (excludes halogenated alkanes) is 2. The number of fused-ring (bicyclic) bond motifs is 5. The van der Waals surface area contributed by atoms with Crippen molar-refractivity contribution in [1.29, 1.82) is 0 Å². The lowest BCUT2D eigenvalue weighted by Gasteiger charge is -2.58. The molecule has 4 aliphatic rings. The van der Waals surface area contributed by atoms with E-state index >= 15 is 0 Å². The van der Waals surface area contributed by atoms with Crippen molar-refractivity contribution in [3.8, 4) is 5.75 Å². The number of hydrogen-bond acceptors (Lipinski definition) is 13. The molecule has 15 N–H and O–H groups in total. The number of hydrogen-bond donors (Lipinski definition) is 11. The van der Waals surface area contributed by atoms with Gasteiger partial charge in [0, 0.05) is 19.3 Å². The third-order valence-corrected chi connectivity index (χ3v) is 19.3. The van der Waals surface area contributed by atoms with Crippen LogP contribution in [0.25, 0.3) is 0 Å². The zero-order valence-corrected chi connectivity index (χ0v) is 50.6. The molecular weight excluding hydrogens is 1060 g/mol. The second kappa shape index (κ2) is 32.6. The van der Waals surface area contributed by atoms with Gasteiger partial charge in [-0.15, -0.1) is 0 Å². The molecule has 3 fully saturated rings. The van der Waals surface area contributed by atoms with Crippen molar-refractivity contribution >= 4 is 59.2 Å². The van der Waals surface area contributed by atoms with E-state index in [1.807, 2.05) is 6.26 Å². The first-order valence-electron chi connectivity index (χ1n) is 30.4. The van der Waals surface area contributed by atoms with Gasteiger partial charge in [-0.2, -0.15) is 11.8 Å². The number of aromatic hydroxyl groups is 1. The summed E-state index contributed by atoms with van der Waals surface area (Å²) in [7, 11) is 0. The first kappa shape index (κ1) is 67.4. The lowest BCUT2D eigenvalue weighted by molar-refractivity contribution is -0.135. The number of nitrogens with one attached hydrogen (secondary N) is 6. The molecule has 4 aliphatic carbocycles. The van der Waals surface area contributed by atoms with E-state index in [0.29, 0.717) is 73.8 Å². The number of allylic oxidation sites excluding steroid dienone is 1. The number of phenolic OH excluding ortho intramolecular Hbond substituents is 1. The second-order valence-corrected chi connectivity index (χ2v) is 25.9. The van der Waals surface area contributed by atoms with E-state index in [1.165, 1.54) is 74.4 Å². The summed E-state index contributed by atoms with van der Waals surface area (Å²) < 4.78 is 6.08. The minimum atomic E-state index is -1.44. The first-order chi connectivity index (χ1) is 39.0. The summed E-state index contributed by atoms with van der Waals surface area (Å²) in [6.07, 6.45) is 17.6. The molecule has 0 spiro atoms. The zero-order chi connectivity index (χ0) is 60.1. The van der Waals surface area contributed by atoms with Crippen LogP contribution in [0.5, 0.6) is 5.75 Å². The van der Waals surface area contributed by atoms with E-state index in [4.69, 9.17) is 27.7 Å². The van der Waals surface area contributed by atoms with Crippen LogP contribution in [-0.2, 0) is 44.7 Å². The summed E-state index contributed by atoms with van der Waals surface area (Å²) in [5, 5.41) is 25.9. The van der Waals surface area contributed by atoms with Crippen molar-refractivity contribution in [3.05, 3.63) is 41.5 Å². The van der Waals surface area contributed by atoms with E-state index in [0.717, 1.165) is 42.9 Å². The van der Waals surface area contributed by atoms with Crippen molar-refractivity contribution < 1.29 is 48.2 Å². The Balaban J connectivity index is 1.21. The van der Waals surface area contributed by atoms with Gasteiger partial charge in [-0.05, 0) is 185 Å². The van der Waals surface area contributed by atoms with Gasteiger partial charge in [0.2, 0.25) is 41.4 Å². The maximum Gasteiger partial charge on any atom is 0.408 e. The van der Waals surface area contributed by atoms with Gasteiger partial charge in [-0.25, -0.2) is 4.79 Å². The van der Waals surface area contributed by atoms with Crippen molar-refractivity contribution in [3.63, 3.8) is 0 Å². The lowest BCUT2D eigenvalue weighted by Crippen LogP contribution is -2.59. The van der Waals surface area contributed by atoms with E-state index in [2.05, 4.69) is 72.6 Å². The largest absolute Gasteiger partial charge is 0.508 e. The molecule has 82 heavy (non-hydrogen) atoms. The zero-order valence-electron chi connectivity index (χ0n) is 49.8. The van der Waals surface area contributed by atoms with Gasteiger partial charge >= 0.3 is 6.09 Å². The van der Waals surface area contributed by atoms with Crippen molar-refractivity contribution in [1.82, 2.24) is 31.9 Å². The van der Waals surface area contributed by atoms with Crippen LogP contribution in [0.4, 0.5) is 4.79 Å². The highest BCUT2D eigenvalue weighted by molar-refractivity contribution is 7.98. The Morgan fingerprint density at radius 3 is 1.93 bits per heavy atom. The summed E-state index contributed by atoms with van der Waals surface area (Å²) in [4.78, 5) is 107. The van der Waals surface area contributed by atoms with Crippen LogP contribution < -0.4 is 54.8 Å². The van der Waals surface area contributed by atoms with Crippen molar-refractivity contribution in [2.24, 2.45) is 69.3 Å². The van der Waals surface area contributed by atoms with E-state index in [9.17, 15) is 43.5 Å². The molecule has 20 nitrogen and oxygen atoms in total. The number of carbonyl (C=O) groups excluding carboxylic acids is 8. The Kier molecular flexibility index (Phi) is 26.8. The predicted molar refractivity (Wildman–Crippen MR) is 319 cm³/mol. The number of carbonyl (C=O) groups is 8. The molecule has 0 heterocycles. The molecule has 13 atom stereocenters. The molecule has 21 heteroatoms. The molecule has 460 valence electrons. The average Bonchev–Trinajstić information content (AvgIpc) is 3.85. The fraction of sp³-hybridized carbons (Fsp3) is 0.738. The molecule has 3 saturated carbocycles. The molecule has 0 bridgehead atoms. The average molecular weight is 1170 g/mol.